The molecule has 0 aliphatic rings. The van der Waals surface area contributed by atoms with Crippen LogP contribution in [0.15, 0.2) is 59.4 Å². The second kappa shape index (κ2) is 6.50. The molecule has 0 saturated carbocycles. The number of amides is 1. The second-order valence-electron chi connectivity index (χ2n) is 4.83. The average Bonchev–Trinajstić information content (AvgIpc) is 2.89. The Morgan fingerprint density at radius 2 is 1.78 bits per heavy atom. The summed E-state index contributed by atoms with van der Waals surface area (Å²) in [5, 5.41) is 2.79. The number of carbonyl (C=O) groups is 1. The molecule has 0 radical (unpaired) electrons. The lowest BCUT2D eigenvalue weighted by atomic mass is 10.2. The predicted octanol–water partition coefficient (Wildman–Crippen LogP) is 3.79. The molecule has 1 amide bonds. The Morgan fingerprint density at radius 1 is 1.09 bits per heavy atom. The zero-order valence-electron chi connectivity index (χ0n) is 12.3. The number of para-hydroxylation sites is 3. The number of aryl methyl sites for hydroxylation is 1. The number of aromatic nitrogens is 1. The normalized spacial score (nSPS) is 10.3. The van der Waals surface area contributed by atoms with Gasteiger partial charge in [0.05, 0.1) is 5.69 Å². The lowest BCUT2D eigenvalue weighted by Gasteiger charge is -2.11. The number of hydrogen-bond acceptors (Lipinski definition) is 4. The molecule has 0 bridgehead atoms. The van der Waals surface area contributed by atoms with Crippen molar-refractivity contribution in [3.05, 3.63) is 74.8 Å². The fraction of sp³-hybridized carbons (Fsp3) is 0.0588. The number of aromatic amines is 1. The van der Waals surface area contributed by atoms with Gasteiger partial charge in [-0.25, -0.2) is 0 Å². The van der Waals surface area contributed by atoms with Gasteiger partial charge in [-0.15, -0.1) is 0 Å². The minimum Gasteiger partial charge on any atom is -0.455 e. The van der Waals surface area contributed by atoms with Crippen molar-refractivity contribution < 1.29 is 9.53 Å². The number of nitrogens with one attached hydrogen (secondary N) is 2. The first-order valence-electron chi connectivity index (χ1n) is 6.96. The molecule has 0 spiro atoms. The van der Waals surface area contributed by atoms with Crippen molar-refractivity contribution in [2.75, 3.05) is 5.32 Å². The van der Waals surface area contributed by atoms with Crippen LogP contribution in [0.1, 0.15) is 15.4 Å². The van der Waals surface area contributed by atoms with Crippen molar-refractivity contribution in [3.8, 4) is 11.5 Å². The number of rotatable bonds is 4. The van der Waals surface area contributed by atoms with E-state index < -0.39 is 0 Å². The summed E-state index contributed by atoms with van der Waals surface area (Å²) in [5.41, 5.74) is 1.10. The van der Waals surface area contributed by atoms with E-state index >= 15 is 0 Å². The van der Waals surface area contributed by atoms with Crippen LogP contribution in [0.2, 0.25) is 0 Å². The topological polar surface area (TPSA) is 71.2 Å². The summed E-state index contributed by atoms with van der Waals surface area (Å²) in [4.78, 5) is 26.4. The van der Waals surface area contributed by atoms with E-state index in [9.17, 15) is 9.59 Å². The molecule has 0 fully saturated rings. The molecule has 1 heterocycles. The molecule has 2 aromatic carbocycles. The van der Waals surface area contributed by atoms with Crippen molar-refractivity contribution in [1.82, 2.24) is 4.98 Å². The number of H-pyrrole nitrogens is 1. The largest absolute Gasteiger partial charge is 0.455 e. The summed E-state index contributed by atoms with van der Waals surface area (Å²) in [5.74, 6) is 0.874. The van der Waals surface area contributed by atoms with Crippen molar-refractivity contribution >= 4 is 22.9 Å². The van der Waals surface area contributed by atoms with Gasteiger partial charge in [0, 0.05) is 5.69 Å². The first kappa shape index (κ1) is 15.1. The van der Waals surface area contributed by atoms with E-state index in [4.69, 9.17) is 4.74 Å². The van der Waals surface area contributed by atoms with Crippen molar-refractivity contribution in [2.45, 2.75) is 6.92 Å². The van der Waals surface area contributed by atoms with Crippen LogP contribution in [0.25, 0.3) is 0 Å². The monoisotopic (exact) mass is 326 g/mol. The first-order chi connectivity index (χ1) is 11.1. The molecule has 3 rings (SSSR count). The highest BCUT2D eigenvalue weighted by Gasteiger charge is 2.15. The summed E-state index contributed by atoms with van der Waals surface area (Å²) in [6, 6.07) is 16.5. The Hall–Kier alpha value is -2.86. The third kappa shape index (κ3) is 3.49. The van der Waals surface area contributed by atoms with Crippen molar-refractivity contribution in [3.63, 3.8) is 0 Å². The van der Waals surface area contributed by atoms with Crippen molar-refractivity contribution in [2.24, 2.45) is 0 Å². The number of hydrogen-bond donors (Lipinski definition) is 2. The van der Waals surface area contributed by atoms with Crippen LogP contribution in [-0.4, -0.2) is 10.9 Å². The Labute approximate surface area is 136 Å². The van der Waals surface area contributed by atoms with Gasteiger partial charge >= 0.3 is 4.87 Å². The Bertz CT molecular complexity index is 884. The Balaban J connectivity index is 1.84. The third-order valence-electron chi connectivity index (χ3n) is 3.14. The Kier molecular flexibility index (Phi) is 4.25. The summed E-state index contributed by atoms with van der Waals surface area (Å²) in [6.45, 7) is 1.69. The van der Waals surface area contributed by atoms with Gasteiger partial charge in [0.1, 0.15) is 10.6 Å². The van der Waals surface area contributed by atoms with E-state index in [1.54, 1.807) is 25.1 Å². The van der Waals surface area contributed by atoms with E-state index in [-0.39, 0.29) is 10.8 Å². The Morgan fingerprint density at radius 3 is 2.48 bits per heavy atom. The van der Waals surface area contributed by atoms with Crippen LogP contribution in [0.3, 0.4) is 0 Å². The number of carbonyl (C=O) groups excluding carboxylic acids is 1. The van der Waals surface area contributed by atoms with Gasteiger partial charge in [0.15, 0.2) is 5.75 Å². The van der Waals surface area contributed by atoms with Gasteiger partial charge in [-0.3, -0.25) is 9.59 Å². The van der Waals surface area contributed by atoms with Crippen LogP contribution in [0.4, 0.5) is 5.69 Å². The summed E-state index contributed by atoms with van der Waals surface area (Å²) < 4.78 is 5.80. The number of ether oxygens (including phenoxy) is 1. The molecule has 0 unspecified atom stereocenters. The molecule has 0 atom stereocenters. The molecule has 116 valence electrons. The SMILES string of the molecule is Cc1[nH]c(=O)sc1C(=O)Nc1ccccc1Oc1ccccc1. The van der Waals surface area contributed by atoms with E-state index in [0.29, 0.717) is 27.8 Å². The van der Waals surface area contributed by atoms with Gasteiger partial charge in [-0.1, -0.05) is 41.7 Å². The summed E-state index contributed by atoms with van der Waals surface area (Å²) in [6.07, 6.45) is 0. The van der Waals surface area contributed by atoms with Crippen LogP contribution < -0.4 is 14.9 Å². The molecular weight excluding hydrogens is 312 g/mol. The molecule has 2 N–H and O–H groups in total. The van der Waals surface area contributed by atoms with E-state index in [0.717, 1.165) is 11.3 Å². The quantitative estimate of drug-likeness (QED) is 0.766. The fourth-order valence-electron chi connectivity index (χ4n) is 2.07. The van der Waals surface area contributed by atoms with E-state index in [2.05, 4.69) is 10.3 Å². The summed E-state index contributed by atoms with van der Waals surface area (Å²) >= 11 is 0.888. The minimum atomic E-state index is -0.338. The van der Waals surface area contributed by atoms with Gasteiger partial charge < -0.3 is 15.0 Å². The van der Waals surface area contributed by atoms with Crippen LogP contribution >= 0.6 is 11.3 Å². The maximum atomic E-state index is 12.3. The molecule has 0 aliphatic carbocycles. The zero-order valence-corrected chi connectivity index (χ0v) is 13.1. The molecule has 0 saturated heterocycles. The first-order valence-corrected chi connectivity index (χ1v) is 7.78. The minimum absolute atomic E-state index is 0.249. The molecule has 6 heteroatoms. The lowest BCUT2D eigenvalue weighted by Crippen LogP contribution is -2.12. The molecule has 0 aliphatic heterocycles. The van der Waals surface area contributed by atoms with Crippen LogP contribution in [0.5, 0.6) is 11.5 Å². The van der Waals surface area contributed by atoms with Gasteiger partial charge in [-0.05, 0) is 31.2 Å². The van der Waals surface area contributed by atoms with Crippen molar-refractivity contribution in [1.29, 1.82) is 0 Å². The maximum Gasteiger partial charge on any atom is 0.305 e. The number of thiazole rings is 1. The van der Waals surface area contributed by atoms with E-state index in [1.807, 2.05) is 36.4 Å². The maximum absolute atomic E-state index is 12.3. The molecule has 5 nitrogen and oxygen atoms in total. The van der Waals surface area contributed by atoms with Gasteiger partial charge in [0.25, 0.3) is 5.91 Å². The highest BCUT2D eigenvalue weighted by molar-refractivity contribution is 7.11. The van der Waals surface area contributed by atoms with Gasteiger partial charge in [-0.2, -0.15) is 0 Å². The number of anilines is 1. The highest BCUT2D eigenvalue weighted by Crippen LogP contribution is 2.29. The number of benzene rings is 2. The molecule has 23 heavy (non-hydrogen) atoms. The predicted molar refractivity (Wildman–Crippen MR) is 90.6 cm³/mol. The molecular formula is C17H14N2O3S. The third-order valence-corrected chi connectivity index (χ3v) is 4.12. The van der Waals surface area contributed by atoms with Crippen LogP contribution in [0, 0.1) is 6.92 Å². The highest BCUT2D eigenvalue weighted by atomic mass is 32.1. The lowest BCUT2D eigenvalue weighted by molar-refractivity contribution is 0.102. The fourth-order valence-corrected chi connectivity index (χ4v) is 2.81. The van der Waals surface area contributed by atoms with Gasteiger partial charge in [0.2, 0.25) is 0 Å². The zero-order chi connectivity index (χ0) is 16.2. The van der Waals surface area contributed by atoms with Crippen LogP contribution in [-0.2, 0) is 0 Å². The summed E-state index contributed by atoms with van der Waals surface area (Å²) in [7, 11) is 0. The standard InChI is InChI=1S/C17H14N2O3S/c1-11-15(23-17(21)18-11)16(20)19-13-9-5-6-10-14(13)22-12-7-3-2-4-8-12/h2-10H,1H3,(H,18,21)(H,19,20). The average molecular weight is 326 g/mol. The molecule has 3 aromatic rings. The molecule has 1 aromatic heterocycles. The second-order valence-corrected chi connectivity index (χ2v) is 5.82. The van der Waals surface area contributed by atoms with E-state index in [1.165, 1.54) is 0 Å². The smallest absolute Gasteiger partial charge is 0.305 e.